The minimum Gasteiger partial charge on any atom is -0.504 e. The monoisotopic (exact) mass is 399 g/mol. The molecule has 1 aromatic carbocycles. The molecule has 8 heteroatoms. The number of nitrogens with zero attached hydrogens (tertiary/aromatic N) is 1. The van der Waals surface area contributed by atoms with E-state index in [-0.39, 0.29) is 35.0 Å². The number of halogens is 3. The summed E-state index contributed by atoms with van der Waals surface area (Å²) < 4.78 is 42.4. The van der Waals surface area contributed by atoms with Crippen LogP contribution < -0.4 is 4.74 Å². The summed E-state index contributed by atoms with van der Waals surface area (Å²) in [4.78, 5) is 0. The van der Waals surface area contributed by atoms with Gasteiger partial charge in [0.05, 0.1) is 11.8 Å². The lowest BCUT2D eigenvalue weighted by atomic mass is 9.55. The molecule has 28 heavy (non-hydrogen) atoms. The number of rotatable bonds is 2. The molecule has 154 valence electrons. The van der Waals surface area contributed by atoms with Gasteiger partial charge in [0.2, 0.25) is 0 Å². The van der Waals surface area contributed by atoms with Crippen LogP contribution in [0.4, 0.5) is 13.2 Å². The van der Waals surface area contributed by atoms with E-state index in [2.05, 4.69) is 12.1 Å². The molecule has 0 spiro atoms. The fourth-order valence-electron chi connectivity index (χ4n) is 5.77. The molecule has 0 bridgehead atoms. The Morgan fingerprint density at radius 2 is 2.00 bits per heavy atom. The second-order valence-electron chi connectivity index (χ2n) is 8.58. The van der Waals surface area contributed by atoms with Crippen LogP contribution in [-0.2, 0) is 0 Å². The molecule has 5 nitrogen and oxygen atoms in total. The highest BCUT2D eigenvalue weighted by atomic mass is 19.4. The smallest absolute Gasteiger partial charge is 0.422 e. The Hall–Kier alpha value is -1.96. The summed E-state index contributed by atoms with van der Waals surface area (Å²) in [5.74, 6) is -0.167. The molecular formula is C20H24F3NO4. The van der Waals surface area contributed by atoms with Crippen molar-refractivity contribution < 1.29 is 33.3 Å². The first-order valence-electron chi connectivity index (χ1n) is 9.60. The molecule has 0 aliphatic heterocycles. The van der Waals surface area contributed by atoms with E-state index in [1.165, 1.54) is 12.1 Å². The highest BCUT2D eigenvalue weighted by molar-refractivity contribution is 6.03. The highest BCUT2D eigenvalue weighted by Gasteiger charge is 2.55. The van der Waals surface area contributed by atoms with E-state index >= 15 is 0 Å². The Labute approximate surface area is 160 Å². The van der Waals surface area contributed by atoms with E-state index in [4.69, 9.17) is 4.74 Å². The average Bonchev–Trinajstić information content (AvgIpc) is 2.93. The van der Waals surface area contributed by atoms with Crippen molar-refractivity contribution in [1.82, 2.24) is 0 Å². The number of alkyl halides is 3. The highest BCUT2D eigenvalue weighted by Crippen LogP contribution is 2.61. The maximum Gasteiger partial charge on any atom is 0.422 e. The lowest BCUT2D eigenvalue weighted by Gasteiger charge is -2.50. The van der Waals surface area contributed by atoms with Gasteiger partial charge >= 0.3 is 6.18 Å². The lowest BCUT2D eigenvalue weighted by molar-refractivity contribution is -0.153. The summed E-state index contributed by atoms with van der Waals surface area (Å²) in [6, 6.07) is 2.80. The molecule has 0 saturated heterocycles. The molecule has 3 N–H and O–H groups in total. The number of benzene rings is 1. The van der Waals surface area contributed by atoms with Crippen molar-refractivity contribution in [3.8, 4) is 11.5 Å². The van der Waals surface area contributed by atoms with Crippen LogP contribution in [-0.4, -0.2) is 40.0 Å². The fourth-order valence-corrected chi connectivity index (χ4v) is 5.77. The van der Waals surface area contributed by atoms with Crippen molar-refractivity contribution >= 4 is 5.71 Å². The topological polar surface area (TPSA) is 82.3 Å². The van der Waals surface area contributed by atoms with Crippen molar-refractivity contribution in [3.63, 3.8) is 0 Å². The Morgan fingerprint density at radius 1 is 1.25 bits per heavy atom. The third-order valence-electron chi connectivity index (χ3n) is 7.17. The van der Waals surface area contributed by atoms with Crippen molar-refractivity contribution in [1.29, 1.82) is 0 Å². The van der Waals surface area contributed by atoms with E-state index < -0.39 is 18.5 Å². The molecule has 0 aromatic heterocycles. The number of hydrogen-bond donors (Lipinski definition) is 3. The molecule has 1 aromatic rings. The number of aliphatic hydroxyl groups is 1. The Kier molecular flexibility index (Phi) is 4.52. The minimum atomic E-state index is -4.50. The molecule has 3 aliphatic rings. The number of ether oxygens (including phenoxy) is 1. The molecular weight excluding hydrogens is 375 g/mol. The van der Waals surface area contributed by atoms with Gasteiger partial charge in [-0.25, -0.2) is 0 Å². The van der Waals surface area contributed by atoms with Gasteiger partial charge in [0.25, 0.3) is 0 Å². The van der Waals surface area contributed by atoms with Crippen LogP contribution in [0.1, 0.15) is 56.1 Å². The summed E-state index contributed by atoms with van der Waals surface area (Å²) >= 11 is 0. The van der Waals surface area contributed by atoms with Crippen molar-refractivity contribution in [2.45, 2.75) is 57.2 Å². The molecule has 0 radical (unpaired) electrons. The van der Waals surface area contributed by atoms with Crippen LogP contribution in [0.2, 0.25) is 0 Å². The van der Waals surface area contributed by atoms with Crippen LogP contribution in [0, 0.1) is 17.3 Å². The fraction of sp³-hybridized carbons (Fsp3) is 0.650. The van der Waals surface area contributed by atoms with Gasteiger partial charge in [-0.3, -0.25) is 0 Å². The van der Waals surface area contributed by atoms with E-state index in [0.717, 1.165) is 31.2 Å². The Balaban J connectivity index is 1.72. The molecule has 0 heterocycles. The maximum absolute atomic E-state index is 12.5. The van der Waals surface area contributed by atoms with E-state index in [1.54, 1.807) is 0 Å². The predicted octanol–water partition coefficient (Wildman–Crippen LogP) is 4.19. The first-order chi connectivity index (χ1) is 13.1. The largest absolute Gasteiger partial charge is 0.504 e. The molecule has 0 amide bonds. The van der Waals surface area contributed by atoms with Crippen LogP contribution in [0.25, 0.3) is 0 Å². The standard InChI is InChI=1S/C20H24F3NO4/c1-19-5-4-10-11-8-17(28-9-20(21,22)23)16(25)7-13(11)15(24-27)6-12(10)14(19)2-3-18(19)26/h7-8,10,12,14,18,25-27H,2-6,9H2,1H3/t10-,12-,14+,18+,19+/m1/s1. The number of aromatic hydroxyl groups is 1. The number of oxime groups is 1. The molecule has 3 aliphatic carbocycles. The van der Waals surface area contributed by atoms with E-state index in [1.807, 2.05) is 0 Å². The summed E-state index contributed by atoms with van der Waals surface area (Å²) in [6.07, 6.45) is -1.13. The van der Waals surface area contributed by atoms with Gasteiger partial charge in [0.1, 0.15) is 0 Å². The number of hydrogen-bond acceptors (Lipinski definition) is 5. The zero-order valence-electron chi connectivity index (χ0n) is 15.5. The van der Waals surface area contributed by atoms with E-state index in [9.17, 15) is 28.6 Å². The van der Waals surface area contributed by atoms with Gasteiger partial charge < -0.3 is 20.2 Å². The summed E-state index contributed by atoms with van der Waals surface area (Å²) in [5, 5.41) is 33.6. The van der Waals surface area contributed by atoms with Crippen molar-refractivity contribution in [2.75, 3.05) is 6.61 Å². The SMILES string of the molecule is C[C@]12CC[C@@H]3c4cc(OCC(F)(F)F)c(O)cc4C(=NO)C[C@H]3[C@@H]1CC[C@@H]2O. The van der Waals surface area contributed by atoms with E-state index in [0.29, 0.717) is 17.7 Å². The zero-order chi connectivity index (χ0) is 20.3. The molecule has 5 atom stereocenters. The number of aliphatic hydroxyl groups excluding tert-OH is 1. The second kappa shape index (κ2) is 6.54. The number of phenols is 1. The first-order valence-corrected chi connectivity index (χ1v) is 9.60. The van der Waals surface area contributed by atoms with Crippen molar-refractivity contribution in [3.05, 3.63) is 23.3 Å². The molecule has 2 saturated carbocycles. The summed E-state index contributed by atoms with van der Waals surface area (Å²) in [5.41, 5.74) is 1.54. The quantitative estimate of drug-likeness (QED) is 0.515. The van der Waals surface area contributed by atoms with Crippen LogP contribution >= 0.6 is 0 Å². The van der Waals surface area contributed by atoms with Gasteiger partial charge in [-0.05, 0) is 73.0 Å². The number of fused-ring (bicyclic) bond motifs is 5. The Morgan fingerprint density at radius 3 is 2.68 bits per heavy atom. The van der Waals surface area contributed by atoms with Gasteiger partial charge in [-0.1, -0.05) is 12.1 Å². The lowest BCUT2D eigenvalue weighted by Crippen LogP contribution is -2.45. The third-order valence-corrected chi connectivity index (χ3v) is 7.17. The summed E-state index contributed by atoms with van der Waals surface area (Å²) in [6.45, 7) is 0.618. The molecule has 0 unspecified atom stereocenters. The number of phenolic OH excluding ortho intramolecular Hbond substituents is 1. The summed E-state index contributed by atoms with van der Waals surface area (Å²) in [7, 11) is 0. The van der Waals surface area contributed by atoms with Crippen LogP contribution in [0.15, 0.2) is 17.3 Å². The predicted molar refractivity (Wildman–Crippen MR) is 94.9 cm³/mol. The van der Waals surface area contributed by atoms with Gasteiger partial charge in [-0.2, -0.15) is 13.2 Å². The average molecular weight is 399 g/mol. The van der Waals surface area contributed by atoms with Gasteiger partial charge in [0, 0.05) is 5.56 Å². The van der Waals surface area contributed by atoms with Gasteiger partial charge in [-0.15, -0.1) is 0 Å². The van der Waals surface area contributed by atoms with Crippen molar-refractivity contribution in [2.24, 2.45) is 22.4 Å². The van der Waals surface area contributed by atoms with Gasteiger partial charge in [0.15, 0.2) is 18.1 Å². The second-order valence-corrected chi connectivity index (χ2v) is 8.58. The Bertz CT molecular complexity index is 809. The third kappa shape index (κ3) is 3.02. The molecule has 4 rings (SSSR count). The van der Waals surface area contributed by atoms with Crippen LogP contribution in [0.5, 0.6) is 11.5 Å². The minimum absolute atomic E-state index is 0.0673. The maximum atomic E-state index is 12.5. The van der Waals surface area contributed by atoms with Crippen LogP contribution in [0.3, 0.4) is 0 Å². The normalized spacial score (nSPS) is 36.0. The zero-order valence-corrected chi connectivity index (χ0v) is 15.5. The molecule has 2 fully saturated rings. The first kappa shape index (κ1) is 19.4.